The van der Waals surface area contributed by atoms with Gasteiger partial charge in [-0.1, -0.05) is 23.4 Å². The SMILES string of the molecule is CC(C)N(C(=O)Cn1cc(C(=O)O)nn1)c1ccccc1. The maximum absolute atomic E-state index is 12.4. The Morgan fingerprint density at radius 2 is 1.95 bits per heavy atom. The van der Waals surface area contributed by atoms with Crippen LogP contribution in [0.3, 0.4) is 0 Å². The van der Waals surface area contributed by atoms with Gasteiger partial charge in [-0.25, -0.2) is 9.48 Å². The molecule has 2 rings (SSSR count). The number of carbonyl (C=O) groups is 2. The van der Waals surface area contributed by atoms with Gasteiger partial charge in [0, 0.05) is 11.7 Å². The van der Waals surface area contributed by atoms with E-state index in [2.05, 4.69) is 10.3 Å². The van der Waals surface area contributed by atoms with Crippen LogP contribution in [0.1, 0.15) is 24.3 Å². The molecule has 7 nitrogen and oxygen atoms in total. The average Bonchev–Trinajstić information content (AvgIpc) is 2.88. The molecule has 0 aliphatic heterocycles. The van der Waals surface area contributed by atoms with Gasteiger partial charge >= 0.3 is 5.97 Å². The molecule has 0 saturated carbocycles. The lowest BCUT2D eigenvalue weighted by Gasteiger charge is -2.26. The number of carboxylic acids is 1. The van der Waals surface area contributed by atoms with Crippen LogP contribution in [0.2, 0.25) is 0 Å². The molecule has 1 heterocycles. The molecule has 0 aliphatic carbocycles. The first-order valence-electron chi connectivity index (χ1n) is 6.49. The van der Waals surface area contributed by atoms with Crippen molar-refractivity contribution >= 4 is 17.6 Å². The Morgan fingerprint density at radius 1 is 1.29 bits per heavy atom. The van der Waals surface area contributed by atoms with E-state index in [0.29, 0.717) is 0 Å². The van der Waals surface area contributed by atoms with Crippen molar-refractivity contribution in [2.45, 2.75) is 26.4 Å². The van der Waals surface area contributed by atoms with Crippen molar-refractivity contribution in [3.05, 3.63) is 42.2 Å². The highest BCUT2D eigenvalue weighted by Crippen LogP contribution is 2.17. The standard InChI is InChI=1S/C14H16N4O3/c1-10(2)18(11-6-4-3-5-7-11)13(19)9-17-8-12(14(20)21)15-16-17/h3-8,10H,9H2,1-2H3,(H,20,21). The number of hydrogen-bond donors (Lipinski definition) is 1. The molecule has 0 saturated heterocycles. The minimum atomic E-state index is -1.17. The summed E-state index contributed by atoms with van der Waals surface area (Å²) in [5.41, 5.74) is 0.606. The fourth-order valence-corrected chi connectivity index (χ4v) is 2.01. The molecular formula is C14H16N4O3. The molecule has 2 aromatic rings. The molecule has 0 radical (unpaired) electrons. The lowest BCUT2D eigenvalue weighted by atomic mass is 10.2. The second-order valence-electron chi connectivity index (χ2n) is 4.80. The lowest BCUT2D eigenvalue weighted by molar-refractivity contribution is -0.119. The van der Waals surface area contributed by atoms with Crippen LogP contribution in [-0.4, -0.2) is 38.0 Å². The first kappa shape index (κ1) is 14.7. The van der Waals surface area contributed by atoms with Gasteiger partial charge in [0.2, 0.25) is 5.91 Å². The molecular weight excluding hydrogens is 272 g/mol. The van der Waals surface area contributed by atoms with Gasteiger partial charge in [-0.05, 0) is 26.0 Å². The number of carboxylic acid groups (broad SMARTS) is 1. The summed E-state index contributed by atoms with van der Waals surface area (Å²) in [5.74, 6) is -1.35. The third kappa shape index (κ3) is 3.44. The monoisotopic (exact) mass is 288 g/mol. The number of amides is 1. The van der Waals surface area contributed by atoms with Gasteiger partial charge in [-0.15, -0.1) is 5.10 Å². The summed E-state index contributed by atoms with van der Waals surface area (Å²) in [6.07, 6.45) is 1.24. The molecule has 0 unspecified atom stereocenters. The number of nitrogens with zero attached hydrogens (tertiary/aromatic N) is 4. The zero-order chi connectivity index (χ0) is 15.4. The number of carbonyl (C=O) groups excluding carboxylic acids is 1. The highest BCUT2D eigenvalue weighted by Gasteiger charge is 2.20. The van der Waals surface area contributed by atoms with Crippen LogP contribution in [0.25, 0.3) is 0 Å². The Kier molecular flexibility index (Phi) is 4.32. The van der Waals surface area contributed by atoms with Crippen LogP contribution in [0.5, 0.6) is 0 Å². The van der Waals surface area contributed by atoms with E-state index in [1.54, 1.807) is 4.90 Å². The van der Waals surface area contributed by atoms with Crippen LogP contribution in [-0.2, 0) is 11.3 Å². The maximum Gasteiger partial charge on any atom is 0.358 e. The van der Waals surface area contributed by atoms with E-state index in [-0.39, 0.29) is 24.2 Å². The zero-order valence-electron chi connectivity index (χ0n) is 11.8. The van der Waals surface area contributed by atoms with Crippen molar-refractivity contribution in [1.29, 1.82) is 0 Å². The predicted octanol–water partition coefficient (Wildman–Crippen LogP) is 1.42. The highest BCUT2D eigenvalue weighted by molar-refractivity contribution is 5.93. The molecule has 1 amide bonds. The Morgan fingerprint density at radius 3 is 2.48 bits per heavy atom. The summed E-state index contributed by atoms with van der Waals surface area (Å²) >= 11 is 0. The van der Waals surface area contributed by atoms with E-state index in [4.69, 9.17) is 5.11 Å². The summed E-state index contributed by atoms with van der Waals surface area (Å²) in [6.45, 7) is 3.76. The van der Waals surface area contributed by atoms with Crippen LogP contribution in [0.15, 0.2) is 36.5 Å². The van der Waals surface area contributed by atoms with Crippen molar-refractivity contribution < 1.29 is 14.7 Å². The van der Waals surface area contributed by atoms with Gasteiger partial charge in [0.25, 0.3) is 0 Å². The Bertz CT molecular complexity index is 637. The third-order valence-electron chi connectivity index (χ3n) is 2.87. The first-order chi connectivity index (χ1) is 9.99. The Hall–Kier alpha value is -2.70. The van der Waals surface area contributed by atoms with E-state index in [0.717, 1.165) is 5.69 Å². The number of para-hydroxylation sites is 1. The molecule has 0 aliphatic rings. The van der Waals surface area contributed by atoms with E-state index in [1.807, 2.05) is 44.2 Å². The quantitative estimate of drug-likeness (QED) is 0.898. The van der Waals surface area contributed by atoms with Crippen molar-refractivity contribution in [2.75, 3.05) is 4.90 Å². The van der Waals surface area contributed by atoms with Gasteiger partial charge in [0.1, 0.15) is 6.54 Å². The molecule has 110 valence electrons. The maximum atomic E-state index is 12.4. The van der Waals surface area contributed by atoms with Crippen molar-refractivity contribution in [1.82, 2.24) is 15.0 Å². The summed E-state index contributed by atoms with van der Waals surface area (Å²) in [6, 6.07) is 9.26. The van der Waals surface area contributed by atoms with E-state index in [9.17, 15) is 9.59 Å². The highest BCUT2D eigenvalue weighted by atomic mass is 16.4. The lowest BCUT2D eigenvalue weighted by Crippen LogP contribution is -2.39. The Labute approximate surface area is 121 Å². The van der Waals surface area contributed by atoms with E-state index >= 15 is 0 Å². The second-order valence-corrected chi connectivity index (χ2v) is 4.80. The number of hydrogen-bond acceptors (Lipinski definition) is 4. The number of rotatable bonds is 5. The average molecular weight is 288 g/mol. The second kappa shape index (κ2) is 6.17. The number of benzene rings is 1. The molecule has 1 aromatic heterocycles. The van der Waals surface area contributed by atoms with Gasteiger partial charge < -0.3 is 10.0 Å². The normalized spacial score (nSPS) is 10.6. The number of aromatic carboxylic acids is 1. The largest absolute Gasteiger partial charge is 0.476 e. The van der Waals surface area contributed by atoms with Crippen molar-refractivity contribution in [3.63, 3.8) is 0 Å². The summed E-state index contributed by atoms with van der Waals surface area (Å²) in [7, 11) is 0. The first-order valence-corrected chi connectivity index (χ1v) is 6.49. The predicted molar refractivity (Wildman–Crippen MR) is 76.0 cm³/mol. The third-order valence-corrected chi connectivity index (χ3v) is 2.87. The molecule has 0 atom stereocenters. The minimum absolute atomic E-state index is 0.0256. The minimum Gasteiger partial charge on any atom is -0.476 e. The molecule has 1 N–H and O–H groups in total. The van der Waals surface area contributed by atoms with Crippen molar-refractivity contribution in [3.8, 4) is 0 Å². The summed E-state index contributed by atoms with van der Waals surface area (Å²) < 4.78 is 1.23. The topological polar surface area (TPSA) is 88.3 Å². The Balaban J connectivity index is 2.17. The van der Waals surface area contributed by atoms with Crippen molar-refractivity contribution in [2.24, 2.45) is 0 Å². The van der Waals surface area contributed by atoms with Gasteiger partial charge in [0.05, 0.1) is 6.20 Å². The molecule has 1 aromatic carbocycles. The fourth-order valence-electron chi connectivity index (χ4n) is 2.01. The molecule has 21 heavy (non-hydrogen) atoms. The summed E-state index contributed by atoms with van der Waals surface area (Å²) in [5, 5.41) is 15.9. The zero-order valence-corrected chi connectivity index (χ0v) is 11.8. The van der Waals surface area contributed by atoms with Crippen LogP contribution >= 0.6 is 0 Å². The van der Waals surface area contributed by atoms with Gasteiger partial charge in [0.15, 0.2) is 5.69 Å². The summed E-state index contributed by atoms with van der Waals surface area (Å²) in [4.78, 5) is 24.8. The van der Waals surface area contributed by atoms with Crippen LogP contribution in [0, 0.1) is 0 Å². The molecule has 0 bridgehead atoms. The van der Waals surface area contributed by atoms with Crippen LogP contribution < -0.4 is 4.90 Å². The fraction of sp³-hybridized carbons (Fsp3) is 0.286. The molecule has 0 spiro atoms. The molecule has 0 fully saturated rings. The molecule has 7 heteroatoms. The van der Waals surface area contributed by atoms with Crippen LogP contribution in [0.4, 0.5) is 5.69 Å². The van der Waals surface area contributed by atoms with E-state index in [1.165, 1.54) is 10.9 Å². The number of anilines is 1. The van der Waals surface area contributed by atoms with Gasteiger partial charge in [-0.2, -0.15) is 0 Å². The number of aromatic nitrogens is 3. The van der Waals surface area contributed by atoms with E-state index < -0.39 is 5.97 Å². The van der Waals surface area contributed by atoms with Gasteiger partial charge in [-0.3, -0.25) is 4.79 Å². The smallest absolute Gasteiger partial charge is 0.358 e.